The van der Waals surface area contributed by atoms with E-state index in [2.05, 4.69) is 15.7 Å². The molecule has 0 aromatic carbocycles. The minimum absolute atomic E-state index is 0.0102. The monoisotopic (exact) mass is 196 g/mol. The van der Waals surface area contributed by atoms with Crippen LogP contribution < -0.4 is 10.6 Å². The molecular formula is C9H16N4O. The van der Waals surface area contributed by atoms with Crippen molar-refractivity contribution < 1.29 is 4.79 Å². The SMILES string of the molecule is CC(=O)NCCNc1cc(C)n(C)n1. The number of carbonyl (C=O) groups is 1. The van der Waals surface area contributed by atoms with E-state index < -0.39 is 0 Å². The summed E-state index contributed by atoms with van der Waals surface area (Å²) in [5.41, 5.74) is 1.10. The Morgan fingerprint density at radius 3 is 2.79 bits per heavy atom. The summed E-state index contributed by atoms with van der Waals surface area (Å²) in [7, 11) is 1.90. The molecule has 0 saturated heterocycles. The fourth-order valence-electron chi connectivity index (χ4n) is 1.08. The Bertz CT molecular complexity index is 299. The molecule has 5 heteroatoms. The molecule has 78 valence electrons. The topological polar surface area (TPSA) is 59.0 Å². The normalized spacial score (nSPS) is 9.93. The van der Waals surface area contributed by atoms with Gasteiger partial charge >= 0.3 is 0 Å². The lowest BCUT2D eigenvalue weighted by Gasteiger charge is -2.02. The van der Waals surface area contributed by atoms with Gasteiger partial charge in [-0.1, -0.05) is 0 Å². The first-order chi connectivity index (χ1) is 6.59. The molecule has 14 heavy (non-hydrogen) atoms. The zero-order valence-corrected chi connectivity index (χ0v) is 8.79. The molecule has 0 spiro atoms. The number of rotatable bonds is 4. The largest absolute Gasteiger partial charge is 0.367 e. The molecule has 0 saturated carbocycles. The van der Waals surface area contributed by atoms with E-state index in [1.807, 2.05) is 20.0 Å². The van der Waals surface area contributed by atoms with Crippen LogP contribution in [0.3, 0.4) is 0 Å². The van der Waals surface area contributed by atoms with Gasteiger partial charge in [0, 0.05) is 38.8 Å². The molecule has 0 aliphatic rings. The van der Waals surface area contributed by atoms with Crippen LogP contribution in [0.2, 0.25) is 0 Å². The number of nitrogens with zero attached hydrogens (tertiary/aromatic N) is 2. The van der Waals surface area contributed by atoms with Gasteiger partial charge in [0.15, 0.2) is 0 Å². The predicted molar refractivity (Wildman–Crippen MR) is 55.1 cm³/mol. The number of hydrogen-bond donors (Lipinski definition) is 2. The number of carbonyl (C=O) groups excluding carboxylic acids is 1. The molecule has 1 heterocycles. The van der Waals surface area contributed by atoms with Crippen LogP contribution >= 0.6 is 0 Å². The van der Waals surface area contributed by atoms with Gasteiger partial charge in [0.05, 0.1) is 0 Å². The minimum Gasteiger partial charge on any atom is -0.367 e. The van der Waals surface area contributed by atoms with Crippen LogP contribution in [0.1, 0.15) is 12.6 Å². The van der Waals surface area contributed by atoms with E-state index in [0.29, 0.717) is 13.1 Å². The number of hydrogen-bond acceptors (Lipinski definition) is 3. The van der Waals surface area contributed by atoms with Crippen LogP contribution in [0.4, 0.5) is 5.82 Å². The molecule has 5 nitrogen and oxygen atoms in total. The van der Waals surface area contributed by atoms with Crippen molar-refractivity contribution in [1.82, 2.24) is 15.1 Å². The number of aryl methyl sites for hydroxylation is 2. The zero-order valence-electron chi connectivity index (χ0n) is 8.79. The van der Waals surface area contributed by atoms with Gasteiger partial charge < -0.3 is 10.6 Å². The quantitative estimate of drug-likeness (QED) is 0.680. The van der Waals surface area contributed by atoms with Crippen molar-refractivity contribution >= 4 is 11.7 Å². The molecule has 1 amide bonds. The first kappa shape index (κ1) is 10.6. The highest BCUT2D eigenvalue weighted by Gasteiger charge is 1.99. The summed E-state index contributed by atoms with van der Waals surface area (Å²) in [6, 6.07) is 1.97. The van der Waals surface area contributed by atoms with Crippen LogP contribution in [-0.2, 0) is 11.8 Å². The second-order valence-corrected chi connectivity index (χ2v) is 3.20. The Balaban J connectivity index is 2.28. The molecular weight excluding hydrogens is 180 g/mol. The molecule has 2 N–H and O–H groups in total. The molecule has 0 fully saturated rings. The molecule has 0 aliphatic heterocycles. The van der Waals surface area contributed by atoms with Crippen LogP contribution in [0.5, 0.6) is 0 Å². The number of amides is 1. The lowest BCUT2D eigenvalue weighted by Crippen LogP contribution is -2.26. The van der Waals surface area contributed by atoms with Crippen molar-refractivity contribution in [2.45, 2.75) is 13.8 Å². The standard InChI is InChI=1S/C9H16N4O/c1-7-6-9(12-13(7)3)11-5-4-10-8(2)14/h6H,4-5H2,1-3H3,(H,10,14)(H,11,12). The number of anilines is 1. The second kappa shape index (κ2) is 4.64. The molecule has 1 aromatic heterocycles. The van der Waals surface area contributed by atoms with Crippen molar-refractivity contribution in [2.24, 2.45) is 7.05 Å². The van der Waals surface area contributed by atoms with Gasteiger partial charge in [0.25, 0.3) is 0 Å². The van der Waals surface area contributed by atoms with Crippen LogP contribution in [0.25, 0.3) is 0 Å². The Labute approximate surface area is 83.5 Å². The predicted octanol–water partition coefficient (Wildman–Crippen LogP) is 0.277. The van der Waals surface area contributed by atoms with Crippen molar-refractivity contribution in [3.8, 4) is 0 Å². The summed E-state index contributed by atoms with van der Waals surface area (Å²) < 4.78 is 1.81. The van der Waals surface area contributed by atoms with Crippen molar-refractivity contribution in [3.05, 3.63) is 11.8 Å². The molecule has 0 unspecified atom stereocenters. The first-order valence-corrected chi connectivity index (χ1v) is 4.58. The van der Waals surface area contributed by atoms with Gasteiger partial charge in [0.1, 0.15) is 5.82 Å². The third-order valence-corrected chi connectivity index (χ3v) is 1.92. The number of aromatic nitrogens is 2. The second-order valence-electron chi connectivity index (χ2n) is 3.20. The van der Waals surface area contributed by atoms with E-state index >= 15 is 0 Å². The van der Waals surface area contributed by atoms with E-state index in [0.717, 1.165) is 11.5 Å². The summed E-state index contributed by atoms with van der Waals surface area (Å²) in [6.45, 7) is 4.80. The summed E-state index contributed by atoms with van der Waals surface area (Å²) in [5, 5.41) is 10.0. The molecule has 1 aromatic rings. The van der Waals surface area contributed by atoms with Crippen LogP contribution in [0.15, 0.2) is 6.07 Å². The number of nitrogens with one attached hydrogen (secondary N) is 2. The molecule has 1 rings (SSSR count). The maximum atomic E-state index is 10.6. The highest BCUT2D eigenvalue weighted by molar-refractivity contribution is 5.72. The van der Waals surface area contributed by atoms with Crippen LogP contribution in [-0.4, -0.2) is 28.8 Å². The average Bonchev–Trinajstić information content (AvgIpc) is 2.40. The summed E-state index contributed by atoms with van der Waals surface area (Å²) >= 11 is 0. The maximum absolute atomic E-state index is 10.6. The molecule has 0 bridgehead atoms. The van der Waals surface area contributed by atoms with Gasteiger partial charge in [0.2, 0.25) is 5.91 Å². The highest BCUT2D eigenvalue weighted by atomic mass is 16.1. The average molecular weight is 196 g/mol. The third kappa shape index (κ3) is 3.08. The van der Waals surface area contributed by atoms with Crippen LogP contribution in [0, 0.1) is 6.92 Å². The molecule has 0 radical (unpaired) electrons. The van der Waals surface area contributed by atoms with E-state index in [-0.39, 0.29) is 5.91 Å². The zero-order chi connectivity index (χ0) is 10.6. The maximum Gasteiger partial charge on any atom is 0.216 e. The third-order valence-electron chi connectivity index (χ3n) is 1.92. The highest BCUT2D eigenvalue weighted by Crippen LogP contribution is 2.05. The molecule has 0 atom stereocenters. The fraction of sp³-hybridized carbons (Fsp3) is 0.556. The van der Waals surface area contributed by atoms with E-state index in [1.165, 1.54) is 6.92 Å². The van der Waals surface area contributed by atoms with E-state index in [9.17, 15) is 4.79 Å². The van der Waals surface area contributed by atoms with Crippen molar-refractivity contribution in [2.75, 3.05) is 18.4 Å². The lowest BCUT2D eigenvalue weighted by molar-refractivity contribution is -0.118. The fourth-order valence-corrected chi connectivity index (χ4v) is 1.08. The Hall–Kier alpha value is -1.52. The summed E-state index contributed by atoms with van der Waals surface area (Å²) in [4.78, 5) is 10.6. The van der Waals surface area contributed by atoms with Gasteiger partial charge in [-0.3, -0.25) is 9.48 Å². The van der Waals surface area contributed by atoms with Gasteiger partial charge in [-0.25, -0.2) is 0 Å². The van der Waals surface area contributed by atoms with Gasteiger partial charge in [-0.05, 0) is 6.92 Å². The Morgan fingerprint density at radius 1 is 1.57 bits per heavy atom. The van der Waals surface area contributed by atoms with E-state index in [4.69, 9.17) is 0 Å². The van der Waals surface area contributed by atoms with Gasteiger partial charge in [-0.2, -0.15) is 5.10 Å². The summed E-state index contributed by atoms with van der Waals surface area (Å²) in [5.74, 6) is 0.833. The van der Waals surface area contributed by atoms with Crippen molar-refractivity contribution in [3.63, 3.8) is 0 Å². The Morgan fingerprint density at radius 2 is 2.29 bits per heavy atom. The minimum atomic E-state index is -0.0102. The first-order valence-electron chi connectivity index (χ1n) is 4.58. The van der Waals surface area contributed by atoms with E-state index in [1.54, 1.807) is 4.68 Å². The summed E-state index contributed by atoms with van der Waals surface area (Å²) in [6.07, 6.45) is 0. The Kier molecular flexibility index (Phi) is 3.50. The smallest absolute Gasteiger partial charge is 0.216 e. The lowest BCUT2D eigenvalue weighted by atomic mass is 10.4. The molecule has 0 aliphatic carbocycles. The van der Waals surface area contributed by atoms with Crippen molar-refractivity contribution in [1.29, 1.82) is 0 Å². The van der Waals surface area contributed by atoms with Gasteiger partial charge in [-0.15, -0.1) is 0 Å².